The molecule has 2 nitrogen and oxygen atoms in total. The highest BCUT2D eigenvalue weighted by molar-refractivity contribution is 5.35. The van der Waals surface area contributed by atoms with Crippen molar-refractivity contribution < 1.29 is 9.47 Å². The summed E-state index contributed by atoms with van der Waals surface area (Å²) in [4.78, 5) is 0. The van der Waals surface area contributed by atoms with Gasteiger partial charge in [-0.1, -0.05) is 31.2 Å². The molecule has 0 saturated carbocycles. The highest BCUT2D eigenvalue weighted by Crippen LogP contribution is 2.42. The van der Waals surface area contributed by atoms with Crippen molar-refractivity contribution in [1.29, 1.82) is 0 Å². The molecule has 1 aliphatic carbocycles. The number of ether oxygens (including phenoxy) is 2. The van der Waals surface area contributed by atoms with Gasteiger partial charge in [-0.2, -0.15) is 0 Å². The Morgan fingerprint density at radius 1 is 1.33 bits per heavy atom. The lowest BCUT2D eigenvalue weighted by Gasteiger charge is -2.32. The van der Waals surface area contributed by atoms with Gasteiger partial charge >= 0.3 is 0 Å². The van der Waals surface area contributed by atoms with Gasteiger partial charge in [-0.25, -0.2) is 0 Å². The van der Waals surface area contributed by atoms with Gasteiger partial charge in [-0.15, -0.1) is 0 Å². The van der Waals surface area contributed by atoms with Crippen LogP contribution in [-0.2, 0) is 15.9 Å². The first kappa shape index (κ1) is 9.37. The summed E-state index contributed by atoms with van der Waals surface area (Å²) in [5.41, 5.74) is 2.82. The minimum atomic E-state index is -0.00240. The van der Waals surface area contributed by atoms with Crippen molar-refractivity contribution in [3.8, 4) is 0 Å². The van der Waals surface area contributed by atoms with Crippen LogP contribution >= 0.6 is 0 Å². The average molecular weight is 204 g/mol. The third-order valence-corrected chi connectivity index (χ3v) is 3.40. The van der Waals surface area contributed by atoms with Crippen LogP contribution < -0.4 is 0 Å². The zero-order valence-corrected chi connectivity index (χ0v) is 8.98. The SMILES string of the molecule is CC[C@@H]1OC[C@@H]2Cc3ccccc3[C@@H]2O1. The Balaban J connectivity index is 1.89. The van der Waals surface area contributed by atoms with Gasteiger partial charge in [0, 0.05) is 5.92 Å². The van der Waals surface area contributed by atoms with Crippen molar-refractivity contribution >= 4 is 0 Å². The Kier molecular flexibility index (Phi) is 2.26. The lowest BCUT2D eigenvalue weighted by Crippen LogP contribution is -2.32. The van der Waals surface area contributed by atoms with Gasteiger partial charge in [0.1, 0.15) is 0 Å². The largest absolute Gasteiger partial charge is 0.352 e. The highest BCUT2D eigenvalue weighted by Gasteiger charge is 2.38. The van der Waals surface area contributed by atoms with Crippen molar-refractivity contribution in [2.45, 2.75) is 32.2 Å². The Morgan fingerprint density at radius 3 is 3.07 bits per heavy atom. The van der Waals surface area contributed by atoms with Gasteiger partial charge in [-0.3, -0.25) is 0 Å². The second-order valence-corrected chi connectivity index (χ2v) is 4.39. The maximum Gasteiger partial charge on any atom is 0.158 e. The van der Waals surface area contributed by atoms with E-state index < -0.39 is 0 Å². The quantitative estimate of drug-likeness (QED) is 0.700. The first-order valence-electron chi connectivity index (χ1n) is 5.73. The Bertz CT molecular complexity index is 361. The summed E-state index contributed by atoms with van der Waals surface area (Å²) in [5, 5.41) is 0. The van der Waals surface area contributed by atoms with Crippen LogP contribution in [0.4, 0.5) is 0 Å². The van der Waals surface area contributed by atoms with Crippen LogP contribution in [0.15, 0.2) is 24.3 Å². The molecule has 0 aromatic heterocycles. The second kappa shape index (κ2) is 3.62. The van der Waals surface area contributed by atoms with Crippen molar-refractivity contribution in [3.63, 3.8) is 0 Å². The monoisotopic (exact) mass is 204 g/mol. The molecule has 0 amide bonds. The normalized spacial score (nSPS) is 33.5. The molecule has 2 aliphatic rings. The van der Waals surface area contributed by atoms with E-state index in [-0.39, 0.29) is 12.4 Å². The van der Waals surface area contributed by atoms with Crippen LogP contribution in [-0.4, -0.2) is 12.9 Å². The molecule has 80 valence electrons. The zero-order valence-electron chi connectivity index (χ0n) is 8.98. The summed E-state index contributed by atoms with van der Waals surface area (Å²) in [7, 11) is 0. The maximum atomic E-state index is 5.96. The van der Waals surface area contributed by atoms with Crippen LogP contribution in [0.2, 0.25) is 0 Å². The fraction of sp³-hybridized carbons (Fsp3) is 0.538. The van der Waals surface area contributed by atoms with E-state index in [2.05, 4.69) is 31.2 Å². The van der Waals surface area contributed by atoms with Gasteiger partial charge in [0.05, 0.1) is 12.7 Å². The summed E-state index contributed by atoms with van der Waals surface area (Å²) in [6, 6.07) is 8.60. The third-order valence-electron chi connectivity index (χ3n) is 3.40. The minimum Gasteiger partial charge on any atom is -0.352 e. The van der Waals surface area contributed by atoms with Gasteiger partial charge in [0.25, 0.3) is 0 Å². The van der Waals surface area contributed by atoms with Crippen molar-refractivity contribution in [3.05, 3.63) is 35.4 Å². The molecule has 15 heavy (non-hydrogen) atoms. The van der Waals surface area contributed by atoms with Crippen molar-refractivity contribution in [2.75, 3.05) is 6.61 Å². The molecule has 0 unspecified atom stereocenters. The number of benzene rings is 1. The number of hydrogen-bond acceptors (Lipinski definition) is 2. The summed E-state index contributed by atoms with van der Waals surface area (Å²) in [6.45, 7) is 2.95. The van der Waals surface area contributed by atoms with Crippen LogP contribution in [0.1, 0.15) is 30.6 Å². The van der Waals surface area contributed by atoms with Gasteiger partial charge in [0.15, 0.2) is 6.29 Å². The van der Waals surface area contributed by atoms with Crippen LogP contribution in [0.25, 0.3) is 0 Å². The van der Waals surface area contributed by atoms with Gasteiger partial charge in [-0.05, 0) is 24.0 Å². The molecule has 1 heterocycles. The summed E-state index contributed by atoms with van der Waals surface area (Å²) < 4.78 is 11.6. The van der Waals surface area contributed by atoms with Gasteiger partial charge in [0.2, 0.25) is 0 Å². The summed E-state index contributed by atoms with van der Waals surface area (Å²) in [5.74, 6) is 0.533. The molecular weight excluding hydrogens is 188 g/mol. The molecule has 1 fully saturated rings. The zero-order chi connectivity index (χ0) is 10.3. The predicted octanol–water partition coefficient (Wildman–Crippen LogP) is 2.68. The molecular formula is C13H16O2. The number of fused-ring (bicyclic) bond motifs is 3. The number of hydrogen-bond donors (Lipinski definition) is 0. The van der Waals surface area contributed by atoms with Crippen molar-refractivity contribution in [2.24, 2.45) is 5.92 Å². The molecule has 1 saturated heterocycles. The van der Waals surface area contributed by atoms with E-state index in [4.69, 9.17) is 9.47 Å². The molecule has 0 bridgehead atoms. The lowest BCUT2D eigenvalue weighted by atomic mass is 10.0. The minimum absolute atomic E-state index is 0.00240. The molecule has 3 rings (SSSR count). The Morgan fingerprint density at radius 2 is 2.20 bits per heavy atom. The molecule has 3 atom stereocenters. The smallest absolute Gasteiger partial charge is 0.158 e. The Hall–Kier alpha value is -0.860. The first-order chi connectivity index (χ1) is 7.38. The Labute approximate surface area is 90.2 Å². The molecule has 2 heteroatoms. The first-order valence-corrected chi connectivity index (χ1v) is 5.73. The number of rotatable bonds is 1. The van der Waals surface area contributed by atoms with E-state index in [9.17, 15) is 0 Å². The average Bonchev–Trinajstić information content (AvgIpc) is 2.66. The standard InChI is InChI=1S/C13H16O2/c1-2-12-14-8-10-7-9-5-3-4-6-11(9)13(10)15-12/h3-6,10,12-13H,2,7-8H2,1H3/t10-,12+,13+/m0/s1. The van der Waals surface area contributed by atoms with Crippen LogP contribution in [0.5, 0.6) is 0 Å². The fourth-order valence-electron chi connectivity index (χ4n) is 2.62. The van der Waals surface area contributed by atoms with E-state index in [1.54, 1.807) is 0 Å². The molecule has 0 spiro atoms. The van der Waals surface area contributed by atoms with E-state index in [0.29, 0.717) is 5.92 Å². The highest BCUT2D eigenvalue weighted by atomic mass is 16.7. The van der Waals surface area contributed by atoms with E-state index in [1.807, 2.05) is 0 Å². The van der Waals surface area contributed by atoms with Crippen molar-refractivity contribution in [1.82, 2.24) is 0 Å². The van der Waals surface area contributed by atoms with E-state index >= 15 is 0 Å². The van der Waals surface area contributed by atoms with Crippen LogP contribution in [0, 0.1) is 5.92 Å². The fourth-order valence-corrected chi connectivity index (χ4v) is 2.62. The molecule has 0 radical (unpaired) electrons. The maximum absolute atomic E-state index is 5.96. The van der Waals surface area contributed by atoms with E-state index in [0.717, 1.165) is 19.4 Å². The lowest BCUT2D eigenvalue weighted by molar-refractivity contribution is -0.235. The third kappa shape index (κ3) is 1.48. The molecule has 0 N–H and O–H groups in total. The van der Waals surface area contributed by atoms with E-state index in [1.165, 1.54) is 11.1 Å². The molecule has 1 aromatic carbocycles. The van der Waals surface area contributed by atoms with Gasteiger partial charge < -0.3 is 9.47 Å². The predicted molar refractivity (Wildman–Crippen MR) is 57.5 cm³/mol. The second-order valence-electron chi connectivity index (χ2n) is 4.39. The molecule has 1 aromatic rings. The topological polar surface area (TPSA) is 18.5 Å². The summed E-state index contributed by atoms with van der Waals surface area (Å²) in [6.07, 6.45) is 2.32. The summed E-state index contributed by atoms with van der Waals surface area (Å²) >= 11 is 0. The molecule has 1 aliphatic heterocycles. The van der Waals surface area contributed by atoms with Crippen LogP contribution in [0.3, 0.4) is 0 Å².